The molecule has 0 aliphatic carbocycles. The van der Waals surface area contributed by atoms with Crippen molar-refractivity contribution in [2.75, 3.05) is 18.5 Å². The van der Waals surface area contributed by atoms with E-state index < -0.39 is 10.0 Å². The zero-order chi connectivity index (χ0) is 20.7. The number of rotatable bonds is 9. The fourth-order valence-electron chi connectivity index (χ4n) is 2.67. The number of benzene rings is 2. The lowest BCUT2D eigenvalue weighted by Crippen LogP contribution is -2.27. The van der Waals surface area contributed by atoms with Crippen LogP contribution in [0.4, 0.5) is 5.69 Å². The number of amides is 1. The number of hydrogen-bond acceptors (Lipinski definition) is 5. The lowest BCUT2D eigenvalue weighted by Gasteiger charge is -2.09. The zero-order valence-electron chi connectivity index (χ0n) is 15.9. The number of H-pyrrole nitrogens is 1. The van der Waals surface area contributed by atoms with Crippen LogP contribution in [0.3, 0.4) is 0 Å². The zero-order valence-corrected chi connectivity index (χ0v) is 16.7. The van der Waals surface area contributed by atoms with Crippen molar-refractivity contribution < 1.29 is 17.9 Å². The van der Waals surface area contributed by atoms with Crippen molar-refractivity contribution in [2.45, 2.75) is 18.2 Å². The van der Waals surface area contributed by atoms with Crippen molar-refractivity contribution in [1.82, 2.24) is 14.9 Å². The van der Waals surface area contributed by atoms with Crippen molar-refractivity contribution in [3.8, 4) is 17.0 Å². The Labute approximate surface area is 169 Å². The van der Waals surface area contributed by atoms with Crippen molar-refractivity contribution in [2.24, 2.45) is 0 Å². The van der Waals surface area contributed by atoms with Crippen LogP contribution < -0.4 is 14.8 Å². The van der Waals surface area contributed by atoms with Crippen LogP contribution in [-0.4, -0.2) is 37.7 Å². The predicted octanol–water partition coefficient (Wildman–Crippen LogP) is 2.78. The number of carbonyl (C=O) groups excluding carboxylic acids is 1. The summed E-state index contributed by atoms with van der Waals surface area (Å²) in [6, 6.07) is 15.3. The van der Waals surface area contributed by atoms with Crippen LogP contribution in [0.5, 0.6) is 5.75 Å². The minimum atomic E-state index is -3.69. The number of hydrogen-bond donors (Lipinski definition) is 3. The first-order valence-corrected chi connectivity index (χ1v) is 10.6. The summed E-state index contributed by atoms with van der Waals surface area (Å²) in [6.07, 6.45) is 1.65. The third-order valence-corrected chi connectivity index (χ3v) is 5.52. The van der Waals surface area contributed by atoms with Gasteiger partial charge in [0.1, 0.15) is 5.75 Å². The fraction of sp³-hybridized carbons (Fsp3) is 0.200. The molecule has 1 amide bonds. The molecule has 152 valence electrons. The number of aromatic nitrogens is 2. The molecule has 0 atom stereocenters. The van der Waals surface area contributed by atoms with E-state index in [1.807, 2.05) is 31.2 Å². The molecule has 1 heterocycles. The number of sulfonamides is 1. The Balaban J connectivity index is 1.52. The lowest BCUT2D eigenvalue weighted by molar-refractivity contribution is -0.116. The lowest BCUT2D eigenvalue weighted by atomic mass is 10.1. The second-order valence-electron chi connectivity index (χ2n) is 6.15. The summed E-state index contributed by atoms with van der Waals surface area (Å²) >= 11 is 0. The van der Waals surface area contributed by atoms with Gasteiger partial charge in [0.2, 0.25) is 15.9 Å². The molecule has 3 rings (SSSR count). The third-order valence-electron chi connectivity index (χ3n) is 4.05. The quantitative estimate of drug-likeness (QED) is 0.498. The Bertz CT molecular complexity index is 1050. The second kappa shape index (κ2) is 9.35. The highest BCUT2D eigenvalue weighted by molar-refractivity contribution is 7.89. The van der Waals surface area contributed by atoms with Gasteiger partial charge in [0.05, 0.1) is 17.2 Å². The van der Waals surface area contributed by atoms with E-state index >= 15 is 0 Å². The molecule has 3 aromatic rings. The average molecular weight is 414 g/mol. The number of aromatic amines is 1. The maximum Gasteiger partial charge on any atom is 0.240 e. The van der Waals surface area contributed by atoms with E-state index in [0.29, 0.717) is 18.0 Å². The molecule has 0 aliphatic heterocycles. The SMILES string of the molecule is CCOc1ccc(S(=O)(=O)NCCC(=O)Nc2cccc(-c3ccn[nH]3)c2)cc1. The van der Waals surface area contributed by atoms with Crippen LogP contribution in [-0.2, 0) is 14.8 Å². The fourth-order valence-corrected chi connectivity index (χ4v) is 3.70. The normalized spacial score (nSPS) is 11.2. The van der Waals surface area contributed by atoms with Crippen LogP contribution in [0.25, 0.3) is 11.3 Å². The summed E-state index contributed by atoms with van der Waals surface area (Å²) in [5, 5.41) is 9.54. The van der Waals surface area contributed by atoms with Gasteiger partial charge in [0, 0.05) is 30.4 Å². The van der Waals surface area contributed by atoms with E-state index in [1.54, 1.807) is 24.4 Å². The van der Waals surface area contributed by atoms with E-state index in [9.17, 15) is 13.2 Å². The molecular weight excluding hydrogens is 392 g/mol. The minimum absolute atomic E-state index is 0.00451. The molecule has 0 radical (unpaired) electrons. The van der Waals surface area contributed by atoms with Gasteiger partial charge in [-0.25, -0.2) is 13.1 Å². The van der Waals surface area contributed by atoms with Gasteiger partial charge in [-0.1, -0.05) is 12.1 Å². The van der Waals surface area contributed by atoms with Gasteiger partial charge in [0.25, 0.3) is 0 Å². The summed E-state index contributed by atoms with van der Waals surface area (Å²) in [5.74, 6) is 0.310. The van der Waals surface area contributed by atoms with Crippen molar-refractivity contribution in [1.29, 1.82) is 0 Å². The molecule has 29 heavy (non-hydrogen) atoms. The Morgan fingerprint density at radius 1 is 1.14 bits per heavy atom. The molecule has 3 N–H and O–H groups in total. The van der Waals surface area contributed by atoms with E-state index in [1.165, 1.54) is 12.1 Å². The molecule has 0 saturated carbocycles. The maximum absolute atomic E-state index is 12.3. The van der Waals surface area contributed by atoms with Gasteiger partial charge >= 0.3 is 0 Å². The molecule has 0 unspecified atom stereocenters. The van der Waals surface area contributed by atoms with Crippen molar-refractivity contribution in [3.63, 3.8) is 0 Å². The molecule has 1 aromatic heterocycles. The van der Waals surface area contributed by atoms with Crippen LogP contribution in [0.1, 0.15) is 13.3 Å². The second-order valence-corrected chi connectivity index (χ2v) is 7.92. The summed E-state index contributed by atoms with van der Waals surface area (Å²) < 4.78 is 32.4. The van der Waals surface area contributed by atoms with Gasteiger partial charge in [-0.15, -0.1) is 0 Å². The molecule has 0 spiro atoms. The largest absolute Gasteiger partial charge is 0.494 e. The van der Waals surface area contributed by atoms with E-state index in [4.69, 9.17) is 4.74 Å². The van der Waals surface area contributed by atoms with Gasteiger partial charge < -0.3 is 10.1 Å². The van der Waals surface area contributed by atoms with Gasteiger partial charge in [-0.05, 0) is 49.4 Å². The van der Waals surface area contributed by atoms with Crippen LogP contribution in [0.15, 0.2) is 65.7 Å². The molecule has 2 aromatic carbocycles. The molecule has 0 aliphatic rings. The first-order chi connectivity index (χ1) is 14.0. The van der Waals surface area contributed by atoms with Gasteiger partial charge in [-0.3, -0.25) is 9.89 Å². The van der Waals surface area contributed by atoms with Crippen molar-refractivity contribution >= 4 is 21.6 Å². The average Bonchev–Trinajstić information content (AvgIpc) is 3.24. The predicted molar refractivity (Wildman–Crippen MR) is 110 cm³/mol. The Kier molecular flexibility index (Phi) is 6.63. The Morgan fingerprint density at radius 3 is 2.62 bits per heavy atom. The summed E-state index contributed by atoms with van der Waals surface area (Å²) in [7, 11) is -3.69. The number of carbonyl (C=O) groups is 1. The van der Waals surface area contributed by atoms with E-state index in [0.717, 1.165) is 11.3 Å². The van der Waals surface area contributed by atoms with E-state index in [-0.39, 0.29) is 23.8 Å². The monoisotopic (exact) mass is 414 g/mol. The smallest absolute Gasteiger partial charge is 0.240 e. The topological polar surface area (TPSA) is 113 Å². The highest BCUT2D eigenvalue weighted by Crippen LogP contribution is 2.20. The molecule has 9 heteroatoms. The number of nitrogens with zero attached hydrogens (tertiary/aromatic N) is 1. The van der Waals surface area contributed by atoms with Crippen LogP contribution in [0.2, 0.25) is 0 Å². The third kappa shape index (κ3) is 5.66. The minimum Gasteiger partial charge on any atom is -0.494 e. The standard InChI is InChI=1S/C20H22N4O4S/c1-2-28-17-6-8-18(9-7-17)29(26,27)22-13-11-20(25)23-16-5-3-4-15(14-16)19-10-12-21-24-19/h3-10,12,14,22H,2,11,13H2,1H3,(H,21,24)(H,23,25). The van der Waals surface area contributed by atoms with Crippen molar-refractivity contribution in [3.05, 3.63) is 60.8 Å². The van der Waals surface area contributed by atoms with E-state index in [2.05, 4.69) is 20.2 Å². The molecule has 0 bridgehead atoms. The molecule has 0 fully saturated rings. The van der Waals surface area contributed by atoms with Gasteiger partial charge in [0.15, 0.2) is 0 Å². The number of nitrogens with one attached hydrogen (secondary N) is 3. The molecule has 8 nitrogen and oxygen atoms in total. The summed E-state index contributed by atoms with van der Waals surface area (Å²) in [4.78, 5) is 12.3. The molecular formula is C20H22N4O4S. The Morgan fingerprint density at radius 2 is 1.93 bits per heavy atom. The highest BCUT2D eigenvalue weighted by atomic mass is 32.2. The first-order valence-electron chi connectivity index (χ1n) is 9.10. The maximum atomic E-state index is 12.3. The Hall–Kier alpha value is -3.17. The first kappa shape index (κ1) is 20.6. The van der Waals surface area contributed by atoms with Crippen LogP contribution in [0, 0.1) is 0 Å². The number of ether oxygens (including phenoxy) is 1. The summed E-state index contributed by atoms with van der Waals surface area (Å²) in [5.41, 5.74) is 2.34. The highest BCUT2D eigenvalue weighted by Gasteiger charge is 2.14. The number of anilines is 1. The van der Waals surface area contributed by atoms with Crippen LogP contribution >= 0.6 is 0 Å². The summed E-state index contributed by atoms with van der Waals surface area (Å²) in [6.45, 7) is 2.34. The molecule has 0 saturated heterocycles. The van der Waals surface area contributed by atoms with Gasteiger partial charge in [-0.2, -0.15) is 5.10 Å².